The molecular formula is C10H15F3N2O2S. The Morgan fingerprint density at radius 1 is 1.44 bits per heavy atom. The van der Waals surface area contributed by atoms with E-state index in [0.717, 1.165) is 16.2 Å². The molecule has 0 fully saturated rings. The number of aliphatic hydroxyl groups is 1. The summed E-state index contributed by atoms with van der Waals surface area (Å²) in [5.41, 5.74) is 0.487. The second-order valence-electron chi connectivity index (χ2n) is 3.59. The maximum Gasteiger partial charge on any atom is 0.406 e. The van der Waals surface area contributed by atoms with E-state index in [0.29, 0.717) is 10.6 Å². The third kappa shape index (κ3) is 4.11. The normalized spacial score (nSPS) is 11.9. The molecule has 1 aromatic rings. The topological polar surface area (TPSA) is 45.6 Å². The van der Waals surface area contributed by atoms with Crippen molar-refractivity contribution >= 4 is 16.5 Å². The van der Waals surface area contributed by atoms with Crippen molar-refractivity contribution in [2.75, 3.05) is 25.1 Å². The van der Waals surface area contributed by atoms with Gasteiger partial charge in [0.2, 0.25) is 0 Å². The molecular weight excluding hydrogens is 269 g/mol. The van der Waals surface area contributed by atoms with Crippen molar-refractivity contribution < 1.29 is 23.0 Å². The number of methoxy groups -OCH3 is 1. The maximum atomic E-state index is 12.4. The first-order chi connectivity index (χ1) is 8.41. The zero-order valence-electron chi connectivity index (χ0n) is 10.1. The third-order valence-corrected chi connectivity index (χ3v) is 3.36. The summed E-state index contributed by atoms with van der Waals surface area (Å²) in [6, 6.07) is 0. The number of thiazole rings is 1. The van der Waals surface area contributed by atoms with Gasteiger partial charge in [-0.3, -0.25) is 0 Å². The van der Waals surface area contributed by atoms with Gasteiger partial charge in [-0.05, 0) is 6.92 Å². The number of aromatic nitrogens is 1. The molecule has 0 unspecified atom stereocenters. The number of ether oxygens (including phenoxy) is 1. The summed E-state index contributed by atoms with van der Waals surface area (Å²) >= 11 is 1.06. The average molecular weight is 284 g/mol. The number of halogens is 3. The molecule has 4 nitrogen and oxygen atoms in total. The average Bonchev–Trinajstić information content (AvgIpc) is 2.68. The van der Waals surface area contributed by atoms with Crippen molar-refractivity contribution in [3.8, 4) is 0 Å². The molecule has 0 aliphatic heterocycles. The molecule has 1 aromatic heterocycles. The van der Waals surface area contributed by atoms with Crippen LogP contribution < -0.4 is 4.90 Å². The van der Waals surface area contributed by atoms with Crippen LogP contribution in [0.5, 0.6) is 0 Å². The molecule has 0 bridgehead atoms. The van der Waals surface area contributed by atoms with Crippen molar-refractivity contribution in [3.63, 3.8) is 0 Å². The molecule has 1 rings (SSSR count). The zero-order valence-corrected chi connectivity index (χ0v) is 10.9. The molecule has 1 N–H and O–H groups in total. The summed E-state index contributed by atoms with van der Waals surface area (Å²) in [6.07, 6.45) is -4.28. The van der Waals surface area contributed by atoms with Gasteiger partial charge in [0.25, 0.3) is 0 Å². The molecule has 8 heteroatoms. The fourth-order valence-electron chi connectivity index (χ4n) is 1.41. The number of hydrogen-bond acceptors (Lipinski definition) is 5. The number of aliphatic hydroxyl groups excluding tert-OH is 1. The molecule has 0 radical (unpaired) electrons. The van der Waals surface area contributed by atoms with Crippen molar-refractivity contribution in [1.82, 2.24) is 4.98 Å². The van der Waals surface area contributed by atoms with Crippen LogP contribution in [-0.4, -0.2) is 36.5 Å². The third-order valence-electron chi connectivity index (χ3n) is 2.21. The predicted octanol–water partition coefficient (Wildman–Crippen LogP) is 2.17. The first-order valence-corrected chi connectivity index (χ1v) is 6.13. The number of anilines is 1. The lowest BCUT2D eigenvalue weighted by molar-refractivity contribution is -0.119. The van der Waals surface area contributed by atoms with Gasteiger partial charge in [0.1, 0.15) is 6.54 Å². The van der Waals surface area contributed by atoms with Gasteiger partial charge in [-0.2, -0.15) is 13.2 Å². The fraction of sp³-hybridized carbons (Fsp3) is 0.700. The number of alkyl halides is 3. The molecule has 0 atom stereocenters. The van der Waals surface area contributed by atoms with Crippen LogP contribution in [0.25, 0.3) is 0 Å². The highest BCUT2D eigenvalue weighted by Gasteiger charge is 2.31. The van der Waals surface area contributed by atoms with Crippen molar-refractivity contribution in [1.29, 1.82) is 0 Å². The second-order valence-corrected chi connectivity index (χ2v) is 4.65. The van der Waals surface area contributed by atoms with Crippen LogP contribution in [0.4, 0.5) is 18.3 Å². The van der Waals surface area contributed by atoms with Gasteiger partial charge in [0, 0.05) is 13.7 Å². The molecule has 0 aromatic carbocycles. The van der Waals surface area contributed by atoms with Crippen LogP contribution in [0.3, 0.4) is 0 Å². The number of rotatable bonds is 6. The van der Waals surface area contributed by atoms with Crippen LogP contribution in [0.1, 0.15) is 17.5 Å². The van der Waals surface area contributed by atoms with E-state index in [1.54, 1.807) is 6.92 Å². The van der Waals surface area contributed by atoms with Gasteiger partial charge in [-0.1, -0.05) is 11.3 Å². The maximum absolute atomic E-state index is 12.4. The van der Waals surface area contributed by atoms with Crippen LogP contribution in [0, 0.1) is 0 Å². The molecule has 0 saturated carbocycles. The smallest absolute Gasteiger partial charge is 0.391 e. The second kappa shape index (κ2) is 6.35. The Labute approximate surface area is 107 Å². The van der Waals surface area contributed by atoms with Gasteiger partial charge >= 0.3 is 6.18 Å². The van der Waals surface area contributed by atoms with Crippen LogP contribution >= 0.6 is 11.3 Å². The Morgan fingerprint density at radius 2 is 2.11 bits per heavy atom. The molecule has 0 aliphatic carbocycles. The largest absolute Gasteiger partial charge is 0.406 e. The summed E-state index contributed by atoms with van der Waals surface area (Å²) in [4.78, 5) is 5.75. The van der Waals surface area contributed by atoms with Crippen molar-refractivity contribution in [3.05, 3.63) is 10.6 Å². The van der Waals surface area contributed by atoms with E-state index in [4.69, 9.17) is 9.84 Å². The van der Waals surface area contributed by atoms with E-state index >= 15 is 0 Å². The molecule has 18 heavy (non-hydrogen) atoms. The highest BCUT2D eigenvalue weighted by atomic mass is 32.1. The van der Waals surface area contributed by atoms with E-state index in [2.05, 4.69) is 4.98 Å². The highest BCUT2D eigenvalue weighted by molar-refractivity contribution is 7.15. The van der Waals surface area contributed by atoms with Gasteiger partial charge in [0.05, 0.1) is 23.8 Å². The first-order valence-electron chi connectivity index (χ1n) is 5.31. The Morgan fingerprint density at radius 3 is 2.56 bits per heavy atom. The summed E-state index contributed by atoms with van der Waals surface area (Å²) < 4.78 is 42.0. The van der Waals surface area contributed by atoms with Gasteiger partial charge in [0.15, 0.2) is 5.13 Å². The monoisotopic (exact) mass is 284 g/mol. The quantitative estimate of drug-likeness (QED) is 0.869. The zero-order chi connectivity index (χ0) is 13.8. The van der Waals surface area contributed by atoms with Crippen LogP contribution in [0.15, 0.2) is 0 Å². The predicted molar refractivity (Wildman–Crippen MR) is 62.7 cm³/mol. The molecule has 0 aliphatic rings. The standard InChI is InChI=1S/C10H15F3N2O2S/c1-3-15(6-10(11,12)13)9-14-7(5-17-2)8(4-16)18-9/h16H,3-6H2,1-2H3. The van der Waals surface area contributed by atoms with Crippen LogP contribution in [0.2, 0.25) is 0 Å². The summed E-state index contributed by atoms with van der Waals surface area (Å²) in [7, 11) is 1.47. The molecule has 0 saturated heterocycles. The van der Waals surface area contributed by atoms with Crippen LogP contribution in [-0.2, 0) is 18.0 Å². The lowest BCUT2D eigenvalue weighted by Crippen LogP contribution is -2.34. The van der Waals surface area contributed by atoms with Crippen molar-refractivity contribution in [2.45, 2.75) is 26.3 Å². The highest BCUT2D eigenvalue weighted by Crippen LogP contribution is 2.29. The minimum absolute atomic E-state index is 0.177. The van der Waals surface area contributed by atoms with E-state index in [-0.39, 0.29) is 24.9 Å². The molecule has 0 spiro atoms. The summed E-state index contributed by atoms with van der Waals surface area (Å²) in [5.74, 6) is 0. The fourth-order valence-corrected chi connectivity index (χ4v) is 2.40. The Hall–Kier alpha value is -0.860. The first kappa shape index (κ1) is 15.2. The Balaban J connectivity index is 2.92. The van der Waals surface area contributed by atoms with Crippen molar-refractivity contribution in [2.24, 2.45) is 0 Å². The minimum Gasteiger partial charge on any atom is -0.391 e. The number of hydrogen-bond donors (Lipinski definition) is 1. The Bertz CT molecular complexity index is 382. The lowest BCUT2D eigenvalue weighted by atomic mass is 10.4. The lowest BCUT2D eigenvalue weighted by Gasteiger charge is -2.21. The van der Waals surface area contributed by atoms with E-state index in [1.807, 2.05) is 0 Å². The van der Waals surface area contributed by atoms with Gasteiger partial charge in [-0.25, -0.2) is 4.98 Å². The molecule has 1 heterocycles. The molecule has 104 valence electrons. The van der Waals surface area contributed by atoms with Gasteiger partial charge in [-0.15, -0.1) is 0 Å². The van der Waals surface area contributed by atoms with Gasteiger partial charge < -0.3 is 14.7 Å². The summed E-state index contributed by atoms with van der Waals surface area (Å²) in [6.45, 7) is 0.705. The summed E-state index contributed by atoms with van der Waals surface area (Å²) in [5, 5.41) is 9.38. The van der Waals surface area contributed by atoms with E-state index in [9.17, 15) is 13.2 Å². The molecule has 0 amide bonds. The van der Waals surface area contributed by atoms with E-state index in [1.165, 1.54) is 7.11 Å². The van der Waals surface area contributed by atoms with E-state index < -0.39 is 12.7 Å². The SMILES string of the molecule is CCN(CC(F)(F)F)c1nc(COC)c(CO)s1. The minimum atomic E-state index is -4.28. The number of nitrogens with zero attached hydrogens (tertiary/aromatic N) is 2. The Kier molecular flexibility index (Phi) is 5.36.